The van der Waals surface area contributed by atoms with Crippen LogP contribution in [0, 0.1) is 23.5 Å². The SMILES string of the molecule is O=C(NCC#CCOc1ccc(F)cc1F)c1cc2ccccc2[nH]1. The van der Waals surface area contributed by atoms with Crippen molar-refractivity contribution in [1.82, 2.24) is 10.3 Å². The van der Waals surface area contributed by atoms with Gasteiger partial charge in [-0.1, -0.05) is 30.0 Å². The zero-order valence-corrected chi connectivity index (χ0v) is 13.1. The number of fused-ring (bicyclic) bond motifs is 1. The van der Waals surface area contributed by atoms with Crippen LogP contribution in [-0.4, -0.2) is 24.0 Å². The molecule has 3 aromatic rings. The monoisotopic (exact) mass is 340 g/mol. The van der Waals surface area contributed by atoms with Crippen molar-refractivity contribution in [2.24, 2.45) is 0 Å². The quantitative estimate of drug-likeness (QED) is 0.716. The average molecular weight is 340 g/mol. The minimum absolute atomic E-state index is 0.0647. The lowest BCUT2D eigenvalue weighted by molar-refractivity contribution is 0.0954. The first kappa shape index (κ1) is 16.5. The highest BCUT2D eigenvalue weighted by Gasteiger charge is 2.07. The molecular formula is C19H14F2N2O2. The van der Waals surface area contributed by atoms with E-state index in [1.165, 1.54) is 6.07 Å². The summed E-state index contributed by atoms with van der Waals surface area (Å²) in [4.78, 5) is 15.0. The van der Waals surface area contributed by atoms with Crippen molar-refractivity contribution >= 4 is 16.8 Å². The van der Waals surface area contributed by atoms with Crippen LogP contribution in [0.5, 0.6) is 5.75 Å². The van der Waals surface area contributed by atoms with Gasteiger partial charge in [0.25, 0.3) is 5.91 Å². The van der Waals surface area contributed by atoms with Gasteiger partial charge in [-0.25, -0.2) is 8.78 Å². The molecular weight excluding hydrogens is 326 g/mol. The molecule has 2 N–H and O–H groups in total. The number of para-hydroxylation sites is 1. The number of carbonyl (C=O) groups is 1. The number of hydrogen-bond acceptors (Lipinski definition) is 2. The number of benzene rings is 2. The third kappa shape index (κ3) is 4.15. The molecule has 1 aromatic heterocycles. The summed E-state index contributed by atoms with van der Waals surface area (Å²) >= 11 is 0. The van der Waals surface area contributed by atoms with E-state index in [2.05, 4.69) is 22.1 Å². The van der Waals surface area contributed by atoms with Gasteiger partial charge in [-0.3, -0.25) is 4.79 Å². The van der Waals surface area contributed by atoms with Crippen LogP contribution in [0.2, 0.25) is 0 Å². The van der Waals surface area contributed by atoms with E-state index in [1.54, 1.807) is 6.07 Å². The molecule has 0 aliphatic heterocycles. The number of rotatable bonds is 4. The van der Waals surface area contributed by atoms with Crippen LogP contribution in [0.1, 0.15) is 10.5 Å². The number of aromatic amines is 1. The maximum absolute atomic E-state index is 13.3. The van der Waals surface area contributed by atoms with E-state index in [-0.39, 0.29) is 24.8 Å². The van der Waals surface area contributed by atoms with Gasteiger partial charge in [0.15, 0.2) is 11.6 Å². The second kappa shape index (κ2) is 7.49. The smallest absolute Gasteiger partial charge is 0.268 e. The summed E-state index contributed by atoms with van der Waals surface area (Å²) in [5, 5.41) is 3.61. The molecule has 6 heteroatoms. The van der Waals surface area contributed by atoms with Gasteiger partial charge < -0.3 is 15.0 Å². The van der Waals surface area contributed by atoms with Crippen molar-refractivity contribution in [2.45, 2.75) is 0 Å². The Balaban J connectivity index is 1.48. The van der Waals surface area contributed by atoms with E-state index in [4.69, 9.17) is 4.74 Å². The topological polar surface area (TPSA) is 54.1 Å². The number of amides is 1. The molecule has 25 heavy (non-hydrogen) atoms. The van der Waals surface area contributed by atoms with Crippen LogP contribution in [-0.2, 0) is 0 Å². The van der Waals surface area contributed by atoms with Gasteiger partial charge in [0.2, 0.25) is 0 Å². The molecule has 0 saturated carbocycles. The van der Waals surface area contributed by atoms with Crippen molar-refractivity contribution in [3.63, 3.8) is 0 Å². The van der Waals surface area contributed by atoms with E-state index in [1.807, 2.05) is 24.3 Å². The van der Waals surface area contributed by atoms with Crippen molar-refractivity contribution < 1.29 is 18.3 Å². The van der Waals surface area contributed by atoms with Gasteiger partial charge in [0.05, 0.1) is 6.54 Å². The van der Waals surface area contributed by atoms with E-state index < -0.39 is 11.6 Å². The predicted molar refractivity (Wildman–Crippen MR) is 90.3 cm³/mol. The fourth-order valence-electron chi connectivity index (χ4n) is 2.24. The fourth-order valence-corrected chi connectivity index (χ4v) is 2.24. The van der Waals surface area contributed by atoms with Crippen LogP contribution in [0.15, 0.2) is 48.5 Å². The Morgan fingerprint density at radius 1 is 1.12 bits per heavy atom. The van der Waals surface area contributed by atoms with Gasteiger partial charge in [0, 0.05) is 17.0 Å². The van der Waals surface area contributed by atoms with Crippen molar-refractivity contribution in [3.05, 3.63) is 65.9 Å². The van der Waals surface area contributed by atoms with E-state index >= 15 is 0 Å². The number of carbonyl (C=O) groups excluding carboxylic acids is 1. The Labute approximate surface area is 142 Å². The second-order valence-corrected chi connectivity index (χ2v) is 5.17. The summed E-state index contributed by atoms with van der Waals surface area (Å²) in [5.41, 5.74) is 1.33. The average Bonchev–Trinajstić information content (AvgIpc) is 3.03. The number of H-pyrrole nitrogens is 1. The Hall–Kier alpha value is -3.33. The van der Waals surface area contributed by atoms with Gasteiger partial charge in [-0.15, -0.1) is 0 Å². The first-order chi connectivity index (χ1) is 12.1. The van der Waals surface area contributed by atoms with Crippen LogP contribution >= 0.6 is 0 Å². The van der Waals surface area contributed by atoms with E-state index in [0.29, 0.717) is 5.69 Å². The lowest BCUT2D eigenvalue weighted by atomic mass is 10.2. The first-order valence-electron chi connectivity index (χ1n) is 7.53. The van der Waals surface area contributed by atoms with Crippen LogP contribution in [0.4, 0.5) is 8.78 Å². The van der Waals surface area contributed by atoms with Gasteiger partial charge in [-0.05, 0) is 24.3 Å². The number of hydrogen-bond donors (Lipinski definition) is 2. The fraction of sp³-hybridized carbons (Fsp3) is 0.105. The second-order valence-electron chi connectivity index (χ2n) is 5.17. The highest BCUT2D eigenvalue weighted by Crippen LogP contribution is 2.17. The van der Waals surface area contributed by atoms with E-state index in [0.717, 1.165) is 23.0 Å². The molecule has 0 aliphatic carbocycles. The lowest BCUT2D eigenvalue weighted by Crippen LogP contribution is -2.23. The third-order valence-corrected chi connectivity index (χ3v) is 3.43. The molecule has 3 rings (SSSR count). The van der Waals surface area contributed by atoms with Crippen LogP contribution < -0.4 is 10.1 Å². The molecule has 1 heterocycles. The Bertz CT molecular complexity index is 937. The maximum atomic E-state index is 13.3. The summed E-state index contributed by atoms with van der Waals surface area (Å²) in [7, 11) is 0. The molecule has 0 atom stereocenters. The number of nitrogens with one attached hydrogen (secondary N) is 2. The molecule has 0 fully saturated rings. The summed E-state index contributed by atoms with van der Waals surface area (Å²) < 4.78 is 31.2. The minimum atomic E-state index is -0.783. The third-order valence-electron chi connectivity index (χ3n) is 3.43. The molecule has 0 unspecified atom stereocenters. The molecule has 0 spiro atoms. The highest BCUT2D eigenvalue weighted by molar-refractivity contribution is 5.98. The van der Waals surface area contributed by atoms with Crippen molar-refractivity contribution in [1.29, 1.82) is 0 Å². The van der Waals surface area contributed by atoms with E-state index in [9.17, 15) is 13.6 Å². The first-order valence-corrected chi connectivity index (χ1v) is 7.53. The van der Waals surface area contributed by atoms with Gasteiger partial charge >= 0.3 is 0 Å². The standard InChI is InChI=1S/C19H14F2N2O2/c20-14-7-8-18(15(21)12-14)25-10-4-3-9-22-19(24)17-11-13-5-1-2-6-16(13)23-17/h1-2,5-8,11-12,23H,9-10H2,(H,22,24). The minimum Gasteiger partial charge on any atom is -0.478 e. The zero-order valence-electron chi connectivity index (χ0n) is 13.1. The zero-order chi connectivity index (χ0) is 17.6. The number of halogens is 2. The molecule has 4 nitrogen and oxygen atoms in total. The van der Waals surface area contributed by atoms with Crippen LogP contribution in [0.3, 0.4) is 0 Å². The molecule has 126 valence electrons. The molecule has 1 amide bonds. The van der Waals surface area contributed by atoms with Crippen molar-refractivity contribution in [3.8, 4) is 17.6 Å². The molecule has 0 aliphatic rings. The maximum Gasteiger partial charge on any atom is 0.268 e. The molecule has 0 bridgehead atoms. The summed E-state index contributed by atoms with van der Waals surface area (Å²) in [5.74, 6) is 3.56. The largest absolute Gasteiger partial charge is 0.478 e. The van der Waals surface area contributed by atoms with Crippen LogP contribution in [0.25, 0.3) is 10.9 Å². The predicted octanol–water partition coefficient (Wildman–Crippen LogP) is 3.26. The Morgan fingerprint density at radius 3 is 2.76 bits per heavy atom. The van der Waals surface area contributed by atoms with Gasteiger partial charge in [-0.2, -0.15) is 0 Å². The number of ether oxygens (including phenoxy) is 1. The summed E-state index contributed by atoms with van der Waals surface area (Å²) in [6.07, 6.45) is 0. The lowest BCUT2D eigenvalue weighted by Gasteiger charge is -2.02. The Morgan fingerprint density at radius 2 is 1.96 bits per heavy atom. The normalized spacial score (nSPS) is 10.2. The Kier molecular flexibility index (Phi) is 4.95. The van der Waals surface area contributed by atoms with Gasteiger partial charge in [0.1, 0.15) is 18.1 Å². The summed E-state index contributed by atoms with van der Waals surface area (Å²) in [6.45, 7) is 0.0638. The summed E-state index contributed by atoms with van der Waals surface area (Å²) in [6, 6.07) is 12.4. The molecule has 0 saturated heterocycles. The molecule has 2 aromatic carbocycles. The highest BCUT2D eigenvalue weighted by atomic mass is 19.1. The van der Waals surface area contributed by atoms with Crippen molar-refractivity contribution in [2.75, 3.05) is 13.2 Å². The molecule has 0 radical (unpaired) electrons. The number of aromatic nitrogens is 1.